The van der Waals surface area contributed by atoms with Crippen molar-refractivity contribution in [1.82, 2.24) is 14.5 Å². The first-order valence-electron chi connectivity index (χ1n) is 11.9. The lowest BCUT2D eigenvalue weighted by atomic mass is 9.96. The predicted octanol–water partition coefficient (Wildman–Crippen LogP) is 3.38. The zero-order chi connectivity index (χ0) is 22.3. The maximum absolute atomic E-state index is 12.8. The number of nitrogens with one attached hydrogen (secondary N) is 1. The highest BCUT2D eigenvalue weighted by Crippen LogP contribution is 2.22. The Hall–Kier alpha value is -1.44. The van der Waals surface area contributed by atoms with Crippen molar-refractivity contribution >= 4 is 15.9 Å². The molecule has 1 amide bonds. The zero-order valence-corrected chi connectivity index (χ0v) is 20.0. The van der Waals surface area contributed by atoms with Gasteiger partial charge in [0.1, 0.15) is 0 Å². The van der Waals surface area contributed by atoms with Gasteiger partial charge in [-0.15, -0.1) is 0 Å². The van der Waals surface area contributed by atoms with Gasteiger partial charge in [0.05, 0.1) is 5.75 Å². The van der Waals surface area contributed by atoms with E-state index in [-0.39, 0.29) is 17.6 Å². The molecule has 0 radical (unpaired) electrons. The van der Waals surface area contributed by atoms with E-state index >= 15 is 0 Å². The van der Waals surface area contributed by atoms with Crippen LogP contribution >= 0.6 is 0 Å². The number of carbonyl (C=O) groups is 1. The van der Waals surface area contributed by atoms with Gasteiger partial charge in [-0.05, 0) is 55.7 Å². The van der Waals surface area contributed by atoms with Gasteiger partial charge >= 0.3 is 0 Å². The number of rotatable bonds is 9. The maximum atomic E-state index is 12.8. The van der Waals surface area contributed by atoms with Crippen molar-refractivity contribution in [2.24, 2.45) is 11.8 Å². The van der Waals surface area contributed by atoms with Gasteiger partial charge in [-0.1, -0.05) is 44.5 Å². The molecule has 1 atom stereocenters. The fourth-order valence-corrected chi connectivity index (χ4v) is 6.41. The van der Waals surface area contributed by atoms with Crippen molar-refractivity contribution in [3.63, 3.8) is 0 Å². The minimum absolute atomic E-state index is 0.0482. The standard InChI is InChI=1S/C24H39N3O3S/c1-3-4-16-31(29,30)27-14-11-21(12-15-27)24(28)25-17-22-9-5-6-10-23(22)19-26-13-7-8-20(2)18-26/h5-6,9-10,20-21H,3-4,7-8,11-19H2,1-2H3,(H,25,28). The molecule has 0 aromatic heterocycles. The second kappa shape index (κ2) is 11.4. The van der Waals surface area contributed by atoms with Crippen molar-refractivity contribution in [2.45, 2.75) is 65.5 Å². The van der Waals surface area contributed by atoms with Crippen molar-refractivity contribution in [3.8, 4) is 0 Å². The molecule has 7 heteroatoms. The topological polar surface area (TPSA) is 69.7 Å². The van der Waals surface area contributed by atoms with Crippen molar-refractivity contribution in [3.05, 3.63) is 35.4 Å². The van der Waals surface area contributed by atoms with Gasteiger partial charge in [-0.2, -0.15) is 0 Å². The Morgan fingerprint density at radius 1 is 1.10 bits per heavy atom. The molecule has 2 fully saturated rings. The summed E-state index contributed by atoms with van der Waals surface area (Å²) in [7, 11) is -3.18. The van der Waals surface area contributed by atoms with Gasteiger partial charge in [0, 0.05) is 38.6 Å². The number of hydrogen-bond donors (Lipinski definition) is 1. The largest absolute Gasteiger partial charge is 0.352 e. The normalized spacial score (nSPS) is 21.8. The Bertz CT molecular complexity index is 819. The Kier molecular flexibility index (Phi) is 8.93. The van der Waals surface area contributed by atoms with Crippen LogP contribution in [-0.2, 0) is 27.9 Å². The van der Waals surface area contributed by atoms with Gasteiger partial charge < -0.3 is 5.32 Å². The van der Waals surface area contributed by atoms with E-state index in [0.29, 0.717) is 38.9 Å². The van der Waals surface area contributed by atoms with Crippen molar-refractivity contribution in [1.29, 1.82) is 0 Å². The van der Waals surface area contributed by atoms with E-state index in [9.17, 15) is 13.2 Å². The Labute approximate surface area is 188 Å². The molecule has 1 aromatic carbocycles. The van der Waals surface area contributed by atoms with Gasteiger partial charge in [0.2, 0.25) is 15.9 Å². The third-order valence-corrected chi connectivity index (χ3v) is 8.64. The molecule has 0 bridgehead atoms. The molecule has 174 valence electrons. The number of hydrogen-bond acceptors (Lipinski definition) is 4. The summed E-state index contributed by atoms with van der Waals surface area (Å²) in [6, 6.07) is 8.37. The van der Waals surface area contributed by atoms with Gasteiger partial charge in [0.25, 0.3) is 0 Å². The second-order valence-electron chi connectivity index (χ2n) is 9.31. The molecule has 0 spiro atoms. The first kappa shape index (κ1) is 24.2. The molecule has 2 aliphatic heterocycles. The molecule has 3 rings (SSSR count). The summed E-state index contributed by atoms with van der Waals surface area (Å²) in [5.41, 5.74) is 2.46. The van der Waals surface area contributed by atoms with Crippen LogP contribution in [0.3, 0.4) is 0 Å². The summed E-state index contributed by atoms with van der Waals surface area (Å²) in [5, 5.41) is 3.12. The number of piperidine rings is 2. The molecule has 0 aliphatic carbocycles. The van der Waals surface area contributed by atoms with Gasteiger partial charge in [0.15, 0.2) is 0 Å². The van der Waals surface area contributed by atoms with Crippen LogP contribution in [0.1, 0.15) is 63.5 Å². The van der Waals surface area contributed by atoms with Gasteiger partial charge in [-0.3, -0.25) is 9.69 Å². The summed E-state index contributed by atoms with van der Waals surface area (Å²) in [6.07, 6.45) is 5.34. The molecular formula is C24H39N3O3S. The van der Waals surface area contributed by atoms with E-state index in [2.05, 4.69) is 35.3 Å². The van der Waals surface area contributed by atoms with Crippen LogP contribution in [0.15, 0.2) is 24.3 Å². The summed E-state index contributed by atoms with van der Waals surface area (Å²) in [4.78, 5) is 15.3. The smallest absolute Gasteiger partial charge is 0.223 e. The van der Waals surface area contributed by atoms with Crippen LogP contribution < -0.4 is 5.32 Å². The minimum Gasteiger partial charge on any atom is -0.352 e. The molecule has 6 nitrogen and oxygen atoms in total. The summed E-state index contributed by atoms with van der Waals surface area (Å²) in [5.74, 6) is 0.907. The number of likely N-dealkylation sites (tertiary alicyclic amines) is 1. The molecule has 2 saturated heterocycles. The first-order chi connectivity index (χ1) is 14.9. The molecule has 1 N–H and O–H groups in total. The lowest BCUT2D eigenvalue weighted by molar-refractivity contribution is -0.126. The number of unbranched alkanes of at least 4 members (excludes halogenated alkanes) is 1. The van der Waals surface area contributed by atoms with Crippen LogP contribution in [0.2, 0.25) is 0 Å². The lowest BCUT2D eigenvalue weighted by Crippen LogP contribution is -2.43. The Morgan fingerprint density at radius 3 is 2.48 bits per heavy atom. The monoisotopic (exact) mass is 449 g/mol. The van der Waals surface area contributed by atoms with Crippen LogP contribution in [-0.4, -0.2) is 55.5 Å². The van der Waals surface area contributed by atoms with Crippen LogP contribution in [0, 0.1) is 11.8 Å². The summed E-state index contributed by atoms with van der Waals surface area (Å²) < 4.78 is 26.3. The minimum atomic E-state index is -3.18. The van der Waals surface area contributed by atoms with Crippen LogP contribution in [0.25, 0.3) is 0 Å². The number of amides is 1. The van der Waals surface area contributed by atoms with Gasteiger partial charge in [-0.25, -0.2) is 12.7 Å². The number of benzene rings is 1. The average Bonchev–Trinajstić information content (AvgIpc) is 2.77. The van der Waals surface area contributed by atoms with E-state index < -0.39 is 10.0 Å². The molecule has 31 heavy (non-hydrogen) atoms. The molecule has 1 aromatic rings. The SMILES string of the molecule is CCCCS(=O)(=O)N1CCC(C(=O)NCc2ccccc2CN2CCCC(C)C2)CC1. The van der Waals surface area contributed by atoms with Crippen molar-refractivity contribution in [2.75, 3.05) is 31.9 Å². The lowest BCUT2D eigenvalue weighted by Gasteiger charge is -2.31. The summed E-state index contributed by atoms with van der Waals surface area (Å²) >= 11 is 0. The van der Waals surface area contributed by atoms with E-state index in [1.807, 2.05) is 13.0 Å². The van der Waals surface area contributed by atoms with E-state index in [4.69, 9.17) is 0 Å². The first-order valence-corrected chi connectivity index (χ1v) is 13.5. The predicted molar refractivity (Wildman–Crippen MR) is 125 cm³/mol. The van der Waals surface area contributed by atoms with E-state index in [0.717, 1.165) is 32.0 Å². The second-order valence-corrected chi connectivity index (χ2v) is 11.4. The summed E-state index contributed by atoms with van der Waals surface area (Å²) in [6.45, 7) is 8.97. The fourth-order valence-electron chi connectivity index (χ4n) is 4.73. The fraction of sp³-hybridized carbons (Fsp3) is 0.708. The number of nitrogens with zero attached hydrogens (tertiary/aromatic N) is 2. The molecule has 0 saturated carbocycles. The van der Waals surface area contributed by atoms with E-state index in [1.54, 1.807) is 4.31 Å². The molecule has 2 aliphatic rings. The Morgan fingerprint density at radius 2 is 1.81 bits per heavy atom. The Balaban J connectivity index is 1.49. The zero-order valence-electron chi connectivity index (χ0n) is 19.2. The molecular weight excluding hydrogens is 410 g/mol. The number of sulfonamides is 1. The molecule has 2 heterocycles. The number of carbonyl (C=O) groups excluding carboxylic acids is 1. The third-order valence-electron chi connectivity index (χ3n) is 6.68. The van der Waals surface area contributed by atoms with E-state index in [1.165, 1.54) is 24.0 Å². The molecule has 1 unspecified atom stereocenters. The highest BCUT2D eigenvalue weighted by molar-refractivity contribution is 7.89. The highest BCUT2D eigenvalue weighted by atomic mass is 32.2. The quantitative estimate of drug-likeness (QED) is 0.627. The highest BCUT2D eigenvalue weighted by Gasteiger charge is 2.30. The van der Waals surface area contributed by atoms with Crippen molar-refractivity contribution < 1.29 is 13.2 Å². The maximum Gasteiger partial charge on any atom is 0.223 e. The van der Waals surface area contributed by atoms with Crippen LogP contribution in [0.4, 0.5) is 0 Å². The van der Waals surface area contributed by atoms with Crippen LogP contribution in [0.5, 0.6) is 0 Å². The average molecular weight is 450 g/mol. The third kappa shape index (κ3) is 7.02.